The average molecular weight is 263 g/mol. The van der Waals surface area contributed by atoms with E-state index in [0.29, 0.717) is 9.59 Å². The molecule has 0 saturated heterocycles. The second-order valence-corrected chi connectivity index (χ2v) is 6.96. The molecule has 2 atom stereocenters. The van der Waals surface area contributed by atoms with Gasteiger partial charge in [0.2, 0.25) is 0 Å². The molecule has 0 saturated carbocycles. The summed E-state index contributed by atoms with van der Waals surface area (Å²) in [4.78, 5) is 12.7. The third-order valence-corrected chi connectivity index (χ3v) is 4.86. The van der Waals surface area contributed by atoms with Crippen molar-refractivity contribution in [1.82, 2.24) is 0 Å². The van der Waals surface area contributed by atoms with Crippen molar-refractivity contribution < 1.29 is 4.79 Å². The van der Waals surface area contributed by atoms with Crippen LogP contribution in [-0.2, 0) is 0 Å². The zero-order valence-electron chi connectivity index (χ0n) is 9.12. The molecule has 0 fully saturated rings. The van der Waals surface area contributed by atoms with Crippen LogP contribution in [0, 0.1) is 0 Å². The highest BCUT2D eigenvalue weighted by molar-refractivity contribution is 8.01. The third-order valence-electron chi connectivity index (χ3n) is 2.20. The number of thioether (sulfide) groups is 1. The largest absolute Gasteiger partial charge is 0.292 e. The summed E-state index contributed by atoms with van der Waals surface area (Å²) in [5.41, 5.74) is 0. The van der Waals surface area contributed by atoms with E-state index in [4.69, 9.17) is 11.6 Å². The van der Waals surface area contributed by atoms with Crippen molar-refractivity contribution >= 4 is 40.5 Å². The van der Waals surface area contributed by atoms with Crippen molar-refractivity contribution in [2.45, 2.75) is 37.7 Å². The Labute approximate surface area is 104 Å². The molecule has 0 aliphatic carbocycles. The summed E-state index contributed by atoms with van der Waals surface area (Å²) < 4.78 is 0.680. The SMILES string of the molecule is CCC(C)SC(C)C(=O)c1ccc(Cl)s1. The molecular weight excluding hydrogens is 248 g/mol. The summed E-state index contributed by atoms with van der Waals surface area (Å²) in [5, 5.41) is 0.550. The minimum atomic E-state index is 0.0228. The second kappa shape index (κ2) is 5.92. The second-order valence-electron chi connectivity index (χ2n) is 3.47. The van der Waals surface area contributed by atoms with Gasteiger partial charge in [-0.1, -0.05) is 25.4 Å². The third kappa shape index (κ3) is 3.82. The van der Waals surface area contributed by atoms with Crippen LogP contribution >= 0.6 is 34.7 Å². The predicted molar refractivity (Wildman–Crippen MR) is 70.5 cm³/mol. The Bertz CT molecular complexity index is 335. The van der Waals surface area contributed by atoms with Crippen LogP contribution in [0.25, 0.3) is 0 Å². The van der Waals surface area contributed by atoms with Crippen LogP contribution in [0.4, 0.5) is 0 Å². The minimum Gasteiger partial charge on any atom is -0.292 e. The molecule has 84 valence electrons. The molecule has 0 bridgehead atoms. The molecule has 15 heavy (non-hydrogen) atoms. The van der Waals surface area contributed by atoms with Crippen LogP contribution in [0.2, 0.25) is 4.34 Å². The average Bonchev–Trinajstić information content (AvgIpc) is 2.63. The lowest BCUT2D eigenvalue weighted by atomic mass is 10.2. The summed E-state index contributed by atoms with van der Waals surface area (Å²) in [6.45, 7) is 6.25. The molecule has 2 unspecified atom stereocenters. The Morgan fingerprint density at radius 2 is 2.20 bits per heavy atom. The number of rotatable bonds is 5. The Kier molecular flexibility index (Phi) is 5.16. The van der Waals surface area contributed by atoms with Gasteiger partial charge in [-0.15, -0.1) is 23.1 Å². The van der Waals surface area contributed by atoms with Gasteiger partial charge in [0.25, 0.3) is 0 Å². The summed E-state index contributed by atoms with van der Waals surface area (Å²) in [7, 11) is 0. The first-order valence-corrected chi connectivity index (χ1v) is 7.13. The number of hydrogen-bond donors (Lipinski definition) is 0. The molecule has 1 heterocycles. The fourth-order valence-electron chi connectivity index (χ4n) is 1.15. The van der Waals surface area contributed by atoms with E-state index in [2.05, 4.69) is 13.8 Å². The van der Waals surface area contributed by atoms with Gasteiger partial charge in [0, 0.05) is 5.25 Å². The first kappa shape index (κ1) is 13.1. The molecule has 4 heteroatoms. The van der Waals surface area contributed by atoms with Crippen molar-refractivity contribution in [2.24, 2.45) is 0 Å². The number of Topliss-reactive ketones (excluding diaryl/α,β-unsaturated/α-hetero) is 1. The molecule has 1 rings (SSSR count). The van der Waals surface area contributed by atoms with Gasteiger partial charge in [-0.3, -0.25) is 4.79 Å². The lowest BCUT2D eigenvalue weighted by Gasteiger charge is -2.13. The molecule has 1 aromatic heterocycles. The molecule has 0 aromatic carbocycles. The van der Waals surface area contributed by atoms with E-state index in [-0.39, 0.29) is 11.0 Å². The first-order valence-electron chi connectivity index (χ1n) is 4.99. The van der Waals surface area contributed by atoms with Crippen LogP contribution in [0.3, 0.4) is 0 Å². The number of carbonyl (C=O) groups excluding carboxylic acids is 1. The standard InChI is InChI=1S/C11H15ClOS2/c1-4-7(2)14-8(3)11(13)9-5-6-10(12)15-9/h5-8H,4H2,1-3H3. The van der Waals surface area contributed by atoms with Gasteiger partial charge in [-0.05, 0) is 25.5 Å². The molecule has 0 spiro atoms. The van der Waals surface area contributed by atoms with Crippen LogP contribution in [0.5, 0.6) is 0 Å². The van der Waals surface area contributed by atoms with Crippen molar-refractivity contribution in [2.75, 3.05) is 0 Å². The van der Waals surface area contributed by atoms with Crippen molar-refractivity contribution in [3.8, 4) is 0 Å². The van der Waals surface area contributed by atoms with Gasteiger partial charge in [-0.25, -0.2) is 0 Å². The maximum Gasteiger partial charge on any atom is 0.185 e. The molecule has 0 aliphatic heterocycles. The summed E-state index contributed by atoms with van der Waals surface area (Å²) >= 11 is 8.89. The molecule has 0 aliphatic rings. The van der Waals surface area contributed by atoms with Crippen LogP contribution in [-0.4, -0.2) is 16.3 Å². The smallest absolute Gasteiger partial charge is 0.185 e. The number of carbonyl (C=O) groups is 1. The fraction of sp³-hybridized carbons (Fsp3) is 0.545. The van der Waals surface area contributed by atoms with E-state index >= 15 is 0 Å². The van der Waals surface area contributed by atoms with Gasteiger partial charge >= 0.3 is 0 Å². The van der Waals surface area contributed by atoms with Gasteiger partial charge in [0.1, 0.15) is 0 Å². The minimum absolute atomic E-state index is 0.0228. The number of thiophene rings is 1. The highest BCUT2D eigenvalue weighted by Gasteiger charge is 2.19. The Morgan fingerprint density at radius 3 is 2.67 bits per heavy atom. The van der Waals surface area contributed by atoms with Crippen molar-refractivity contribution in [1.29, 1.82) is 0 Å². The van der Waals surface area contributed by atoms with E-state index in [1.165, 1.54) is 11.3 Å². The van der Waals surface area contributed by atoms with E-state index in [9.17, 15) is 4.79 Å². The van der Waals surface area contributed by atoms with Gasteiger partial charge < -0.3 is 0 Å². The van der Waals surface area contributed by atoms with Crippen molar-refractivity contribution in [3.63, 3.8) is 0 Å². The van der Waals surface area contributed by atoms with Gasteiger partial charge in [-0.2, -0.15) is 0 Å². The van der Waals surface area contributed by atoms with E-state index < -0.39 is 0 Å². The highest BCUT2D eigenvalue weighted by atomic mass is 35.5. The number of hydrogen-bond acceptors (Lipinski definition) is 3. The fourth-order valence-corrected chi connectivity index (χ4v) is 3.44. The number of ketones is 1. The molecule has 0 amide bonds. The highest BCUT2D eigenvalue weighted by Crippen LogP contribution is 2.27. The summed E-state index contributed by atoms with van der Waals surface area (Å²) in [5.74, 6) is 0.192. The Hall–Kier alpha value is 0.01000. The monoisotopic (exact) mass is 262 g/mol. The Morgan fingerprint density at radius 1 is 1.53 bits per heavy atom. The maximum atomic E-state index is 11.9. The summed E-state index contributed by atoms with van der Waals surface area (Å²) in [6, 6.07) is 3.59. The lowest BCUT2D eigenvalue weighted by Crippen LogP contribution is -2.15. The quantitative estimate of drug-likeness (QED) is 0.727. The van der Waals surface area contributed by atoms with Gasteiger partial charge in [0.15, 0.2) is 5.78 Å². The molecular formula is C11H15ClOS2. The van der Waals surface area contributed by atoms with E-state index in [0.717, 1.165) is 11.3 Å². The van der Waals surface area contributed by atoms with Crippen LogP contribution in [0.1, 0.15) is 36.9 Å². The topological polar surface area (TPSA) is 17.1 Å². The number of halogens is 1. The molecule has 0 radical (unpaired) electrons. The van der Waals surface area contributed by atoms with Crippen molar-refractivity contribution in [3.05, 3.63) is 21.3 Å². The van der Waals surface area contributed by atoms with Crippen LogP contribution in [0.15, 0.2) is 12.1 Å². The molecule has 0 N–H and O–H groups in total. The zero-order chi connectivity index (χ0) is 11.4. The van der Waals surface area contributed by atoms with Gasteiger partial charge in [0.05, 0.1) is 14.5 Å². The maximum absolute atomic E-state index is 11.9. The molecule has 1 nitrogen and oxygen atoms in total. The Balaban J connectivity index is 2.60. The van der Waals surface area contributed by atoms with Crippen LogP contribution < -0.4 is 0 Å². The zero-order valence-corrected chi connectivity index (χ0v) is 11.5. The predicted octanol–water partition coefficient (Wildman–Crippen LogP) is 4.50. The molecule has 1 aromatic rings. The first-order chi connectivity index (χ1) is 7.04. The van der Waals surface area contributed by atoms with E-state index in [1.807, 2.05) is 13.0 Å². The normalized spacial score (nSPS) is 14.9. The summed E-state index contributed by atoms with van der Waals surface area (Å²) in [6.07, 6.45) is 1.09. The lowest BCUT2D eigenvalue weighted by molar-refractivity contribution is 0.0997. The van der Waals surface area contributed by atoms with E-state index in [1.54, 1.807) is 17.8 Å².